The third-order valence-electron chi connectivity index (χ3n) is 10.6. The molecule has 2 heterocycles. The summed E-state index contributed by atoms with van der Waals surface area (Å²) in [5.41, 5.74) is 5.76. The van der Waals surface area contributed by atoms with Crippen LogP contribution in [-0.2, 0) is 37.3 Å². The number of nitro groups is 1. The van der Waals surface area contributed by atoms with Gasteiger partial charge in [0.1, 0.15) is 6.04 Å². The van der Waals surface area contributed by atoms with Crippen LogP contribution in [0, 0.1) is 17.0 Å². The predicted octanol–water partition coefficient (Wildman–Crippen LogP) is 6.29. The molecule has 0 saturated carbocycles. The predicted molar refractivity (Wildman–Crippen MR) is 221 cm³/mol. The van der Waals surface area contributed by atoms with Crippen molar-refractivity contribution in [3.63, 3.8) is 0 Å². The molecule has 0 unspecified atom stereocenters. The van der Waals surface area contributed by atoms with Gasteiger partial charge in [-0.05, 0) is 66.4 Å². The monoisotopic (exact) mass is 805 g/mol. The van der Waals surface area contributed by atoms with Crippen molar-refractivity contribution in [1.82, 2.24) is 9.62 Å². The number of carbonyl (C=O) groups excluding carboxylic acids is 1. The molecule has 2 aliphatic rings. The van der Waals surface area contributed by atoms with E-state index in [0.29, 0.717) is 18.7 Å². The Labute approximate surface area is 338 Å². The van der Waals surface area contributed by atoms with E-state index >= 15 is 0 Å². The fraction of sp³-hybridized carbons (Fsp3) is 0.295. The fourth-order valence-corrected chi connectivity index (χ4v) is 8.45. The molecule has 4 atom stereocenters. The second-order valence-electron chi connectivity index (χ2n) is 14.7. The molecule has 302 valence electrons. The summed E-state index contributed by atoms with van der Waals surface area (Å²) in [6.07, 6.45) is -0.398. The van der Waals surface area contributed by atoms with Gasteiger partial charge in [-0.1, -0.05) is 84.4 Å². The number of benzene rings is 5. The number of piperazine rings is 1. The number of non-ortho nitro benzene ring substituents is 1. The van der Waals surface area contributed by atoms with E-state index in [9.17, 15) is 28.4 Å². The number of rotatable bonds is 14. The van der Waals surface area contributed by atoms with E-state index in [1.54, 1.807) is 36.4 Å². The Bertz CT molecular complexity index is 2250. The summed E-state index contributed by atoms with van der Waals surface area (Å²) in [7, 11) is -4.01. The first-order chi connectivity index (χ1) is 28.0. The van der Waals surface area contributed by atoms with Crippen molar-refractivity contribution in [1.29, 1.82) is 0 Å². The van der Waals surface area contributed by atoms with Crippen molar-refractivity contribution in [2.24, 2.45) is 0 Å². The molecule has 14 heteroatoms. The maximum Gasteiger partial charge on any atom is 0.269 e. The van der Waals surface area contributed by atoms with E-state index in [1.807, 2.05) is 73.7 Å². The van der Waals surface area contributed by atoms with Crippen LogP contribution in [0.2, 0.25) is 0 Å². The third-order valence-corrected chi connectivity index (χ3v) is 12.0. The van der Waals surface area contributed by atoms with Crippen molar-refractivity contribution in [2.45, 2.75) is 55.8 Å². The number of hydrogen-bond acceptors (Lipinski definition) is 10. The molecular weight excluding hydrogens is 759 g/mol. The van der Waals surface area contributed by atoms with Gasteiger partial charge >= 0.3 is 0 Å². The molecule has 58 heavy (non-hydrogen) atoms. The zero-order chi connectivity index (χ0) is 40.6. The van der Waals surface area contributed by atoms with Crippen LogP contribution >= 0.6 is 0 Å². The second-order valence-corrected chi connectivity index (χ2v) is 16.4. The topological polar surface area (TPSA) is 164 Å². The van der Waals surface area contributed by atoms with Crippen molar-refractivity contribution >= 4 is 33.0 Å². The number of nitrogens with zero attached hydrogens (tertiary/aromatic N) is 3. The number of carbonyl (C=O) groups is 1. The molecule has 0 aliphatic carbocycles. The highest BCUT2D eigenvalue weighted by Gasteiger charge is 2.34. The number of sulfonamides is 1. The van der Waals surface area contributed by atoms with Crippen LogP contribution in [0.1, 0.15) is 46.6 Å². The van der Waals surface area contributed by atoms with Gasteiger partial charge in [-0.2, -0.15) is 4.72 Å². The summed E-state index contributed by atoms with van der Waals surface area (Å²) in [6.45, 7) is 5.61. The number of amides is 1. The van der Waals surface area contributed by atoms with Crippen molar-refractivity contribution in [3.05, 3.63) is 165 Å². The number of hydrogen-bond donors (Lipinski definition) is 3. The number of aliphatic hydroxyl groups excluding tert-OH is 1. The molecule has 13 nitrogen and oxygen atoms in total. The summed E-state index contributed by atoms with van der Waals surface area (Å²) in [5, 5.41) is 23.6. The van der Waals surface area contributed by atoms with Gasteiger partial charge < -0.3 is 24.8 Å². The van der Waals surface area contributed by atoms with Crippen LogP contribution in [-0.4, -0.2) is 74.1 Å². The highest BCUT2D eigenvalue weighted by atomic mass is 32.2. The number of ether oxygens (including phenoxy) is 2. The Balaban J connectivity index is 1.03. The quantitative estimate of drug-likeness (QED) is 0.0859. The molecule has 0 bridgehead atoms. The van der Waals surface area contributed by atoms with Gasteiger partial charge in [-0.25, -0.2) is 8.42 Å². The summed E-state index contributed by atoms with van der Waals surface area (Å²) < 4.78 is 42.5. The average Bonchev–Trinajstić information content (AvgIpc) is 3.24. The Morgan fingerprint density at radius 2 is 1.48 bits per heavy atom. The van der Waals surface area contributed by atoms with Gasteiger partial charge in [0.2, 0.25) is 15.9 Å². The molecule has 1 amide bonds. The van der Waals surface area contributed by atoms with E-state index in [4.69, 9.17) is 9.47 Å². The highest BCUT2D eigenvalue weighted by molar-refractivity contribution is 7.89. The van der Waals surface area contributed by atoms with E-state index in [-0.39, 0.29) is 35.8 Å². The lowest BCUT2D eigenvalue weighted by molar-refractivity contribution is -0.384. The lowest BCUT2D eigenvalue weighted by atomic mass is 9.99. The number of aryl methyl sites for hydroxylation is 1. The summed E-state index contributed by atoms with van der Waals surface area (Å²) in [5.74, 6) is -0.502. The van der Waals surface area contributed by atoms with E-state index < -0.39 is 33.2 Å². The summed E-state index contributed by atoms with van der Waals surface area (Å²) in [6, 6.07) is 36.2. The first-order valence-electron chi connectivity index (χ1n) is 19.3. The third kappa shape index (κ3) is 10.3. The molecule has 2 aliphatic heterocycles. The van der Waals surface area contributed by atoms with Gasteiger partial charge in [-0.15, -0.1) is 0 Å². The number of nitro benzene ring substituents is 1. The minimum atomic E-state index is -4.01. The molecule has 2 saturated heterocycles. The molecule has 7 rings (SSSR count). The summed E-state index contributed by atoms with van der Waals surface area (Å²) >= 11 is 0. The average molecular weight is 806 g/mol. The molecular formula is C44H47N5O8S. The maximum absolute atomic E-state index is 13.7. The number of nitrogens with one attached hydrogen (secondary N) is 2. The Morgan fingerprint density at radius 3 is 2.12 bits per heavy atom. The van der Waals surface area contributed by atoms with Crippen molar-refractivity contribution < 1.29 is 32.7 Å². The van der Waals surface area contributed by atoms with Gasteiger partial charge in [0.05, 0.1) is 28.6 Å². The lowest BCUT2D eigenvalue weighted by Crippen LogP contribution is -2.49. The van der Waals surface area contributed by atoms with Gasteiger partial charge in [0.25, 0.3) is 5.69 Å². The first kappa shape index (κ1) is 40.7. The normalized spacial score (nSPS) is 19.3. The van der Waals surface area contributed by atoms with Gasteiger partial charge in [0.15, 0.2) is 6.29 Å². The van der Waals surface area contributed by atoms with Crippen LogP contribution in [0.15, 0.2) is 132 Å². The second kappa shape index (κ2) is 18.4. The Kier molecular flexibility index (Phi) is 12.9. The number of anilines is 2. The van der Waals surface area contributed by atoms with Crippen molar-refractivity contribution in [2.75, 3.05) is 42.9 Å². The Morgan fingerprint density at radius 1 is 0.828 bits per heavy atom. The fourth-order valence-electron chi connectivity index (χ4n) is 7.26. The highest BCUT2D eigenvalue weighted by Crippen LogP contribution is 2.38. The molecule has 0 spiro atoms. The first-order valence-corrected chi connectivity index (χ1v) is 20.8. The Hall–Kier alpha value is -5.48. The van der Waals surface area contributed by atoms with Crippen LogP contribution < -0.4 is 14.9 Å². The molecule has 0 aromatic heterocycles. The largest absolute Gasteiger partial charge is 0.392 e. The number of aliphatic hydroxyl groups is 1. The van der Waals surface area contributed by atoms with E-state index in [0.717, 1.165) is 59.7 Å². The molecule has 5 aromatic carbocycles. The minimum Gasteiger partial charge on any atom is -0.392 e. The summed E-state index contributed by atoms with van der Waals surface area (Å²) in [4.78, 5) is 29.1. The maximum atomic E-state index is 13.7. The van der Waals surface area contributed by atoms with Gasteiger partial charge in [-0.3, -0.25) is 19.8 Å². The van der Waals surface area contributed by atoms with E-state index in [1.165, 1.54) is 24.3 Å². The SMILES string of the molecule is Cc1ccc(S(=O)(=O)N[C@H](Cc2ccccc2)C(=O)Nc2ccc([C@@H]3O[C@H](CN4CCN(c5ccc([N+](=O)[O-])cc5)CC4)C[C@H](c4ccc(CO)cc4)O3)cc2)cc1. The molecule has 0 radical (unpaired) electrons. The molecule has 3 N–H and O–H groups in total. The smallest absolute Gasteiger partial charge is 0.269 e. The van der Waals surface area contributed by atoms with Crippen LogP contribution in [0.25, 0.3) is 0 Å². The molecule has 5 aromatic rings. The van der Waals surface area contributed by atoms with Crippen LogP contribution in [0.3, 0.4) is 0 Å². The lowest BCUT2D eigenvalue weighted by Gasteiger charge is -2.41. The standard InChI is InChI=1S/C44H47N5O8S/c1-31-7-21-40(22-8-31)58(54,55)46-41(27-32-5-3-2-4-6-32)43(51)45-36-15-13-35(14-16-36)44-56-39(28-42(57-44)34-11-9-33(30-50)10-12-34)29-47-23-25-48(26-24-47)37-17-19-38(20-18-37)49(52)53/h2-22,39,41-42,44,46,50H,23-30H2,1H3,(H,45,51)/t39-,41+,42+,44+/m0/s1. The van der Waals surface area contributed by atoms with Crippen LogP contribution in [0.4, 0.5) is 17.1 Å². The minimum absolute atomic E-state index is 0.0550. The zero-order valence-electron chi connectivity index (χ0n) is 32.1. The van der Waals surface area contributed by atoms with Gasteiger partial charge in [0, 0.05) is 68.2 Å². The van der Waals surface area contributed by atoms with E-state index in [2.05, 4.69) is 19.8 Å². The van der Waals surface area contributed by atoms with Crippen molar-refractivity contribution in [3.8, 4) is 0 Å². The van der Waals surface area contributed by atoms with Crippen LogP contribution in [0.5, 0.6) is 0 Å². The molecule has 2 fully saturated rings. The zero-order valence-corrected chi connectivity index (χ0v) is 33.0.